The third-order valence-electron chi connectivity index (χ3n) is 3.11. The fourth-order valence-corrected chi connectivity index (χ4v) is 3.70. The molecule has 116 valence electrons. The number of piperazine rings is 1. The predicted octanol–water partition coefficient (Wildman–Crippen LogP) is -1.71. The van der Waals surface area contributed by atoms with Crippen LogP contribution in [-0.2, 0) is 24.3 Å². The molecule has 0 aliphatic carbocycles. The van der Waals surface area contributed by atoms with Gasteiger partial charge < -0.3 is 15.4 Å². The van der Waals surface area contributed by atoms with E-state index < -0.39 is 22.0 Å². The SMILES string of the molecule is CNC(=O)C1CNCCN1S(=O)(=O)CCCC(=O)OC. The molecule has 1 saturated heterocycles. The van der Waals surface area contributed by atoms with Gasteiger partial charge in [0.1, 0.15) is 6.04 Å². The molecule has 0 spiro atoms. The van der Waals surface area contributed by atoms with E-state index in [4.69, 9.17) is 0 Å². The van der Waals surface area contributed by atoms with Crippen molar-refractivity contribution in [1.82, 2.24) is 14.9 Å². The second kappa shape index (κ2) is 7.55. The van der Waals surface area contributed by atoms with Gasteiger partial charge in [-0.25, -0.2) is 8.42 Å². The number of ether oxygens (including phenoxy) is 1. The lowest BCUT2D eigenvalue weighted by atomic mass is 10.2. The molecule has 0 radical (unpaired) electrons. The molecule has 1 amide bonds. The highest BCUT2D eigenvalue weighted by atomic mass is 32.2. The molecule has 2 N–H and O–H groups in total. The monoisotopic (exact) mass is 307 g/mol. The summed E-state index contributed by atoms with van der Waals surface area (Å²) in [7, 11) is -0.837. The van der Waals surface area contributed by atoms with E-state index in [0.29, 0.717) is 6.54 Å². The topological polar surface area (TPSA) is 105 Å². The Bertz CT molecular complexity index is 451. The third-order valence-corrected chi connectivity index (χ3v) is 5.07. The number of sulfonamides is 1. The van der Waals surface area contributed by atoms with Crippen molar-refractivity contribution >= 4 is 21.9 Å². The first kappa shape index (κ1) is 16.9. The van der Waals surface area contributed by atoms with Crippen LogP contribution in [0, 0.1) is 0 Å². The summed E-state index contributed by atoms with van der Waals surface area (Å²) < 4.78 is 30.2. The third kappa shape index (κ3) is 4.43. The predicted molar refractivity (Wildman–Crippen MR) is 72.5 cm³/mol. The average Bonchev–Trinajstić information content (AvgIpc) is 2.46. The van der Waals surface area contributed by atoms with Gasteiger partial charge in [-0.05, 0) is 6.42 Å². The summed E-state index contributed by atoms with van der Waals surface area (Å²) in [4.78, 5) is 22.7. The molecule has 1 atom stereocenters. The van der Waals surface area contributed by atoms with Crippen molar-refractivity contribution < 1.29 is 22.7 Å². The van der Waals surface area contributed by atoms with Gasteiger partial charge in [0.15, 0.2) is 0 Å². The second-order valence-electron chi connectivity index (χ2n) is 4.44. The number of carbonyl (C=O) groups is 2. The number of nitrogens with one attached hydrogen (secondary N) is 2. The fourth-order valence-electron chi connectivity index (χ4n) is 2.03. The minimum Gasteiger partial charge on any atom is -0.469 e. The van der Waals surface area contributed by atoms with Crippen LogP contribution in [0.5, 0.6) is 0 Å². The van der Waals surface area contributed by atoms with Gasteiger partial charge in [0.05, 0.1) is 12.9 Å². The molecule has 1 aliphatic rings. The molecule has 1 aliphatic heterocycles. The molecule has 0 aromatic heterocycles. The van der Waals surface area contributed by atoms with Gasteiger partial charge in [-0.1, -0.05) is 0 Å². The zero-order valence-corrected chi connectivity index (χ0v) is 12.5. The van der Waals surface area contributed by atoms with Crippen molar-refractivity contribution in [3.05, 3.63) is 0 Å². The van der Waals surface area contributed by atoms with Crippen molar-refractivity contribution in [2.45, 2.75) is 18.9 Å². The van der Waals surface area contributed by atoms with Gasteiger partial charge in [0, 0.05) is 33.1 Å². The van der Waals surface area contributed by atoms with E-state index >= 15 is 0 Å². The molecule has 0 aromatic rings. The maximum Gasteiger partial charge on any atom is 0.305 e. The van der Waals surface area contributed by atoms with Gasteiger partial charge >= 0.3 is 5.97 Å². The Labute approximate surface area is 118 Å². The van der Waals surface area contributed by atoms with Crippen LogP contribution in [0.25, 0.3) is 0 Å². The van der Waals surface area contributed by atoms with Crippen LogP contribution in [0.3, 0.4) is 0 Å². The minimum absolute atomic E-state index is 0.0481. The molecule has 20 heavy (non-hydrogen) atoms. The molecule has 9 heteroatoms. The highest BCUT2D eigenvalue weighted by molar-refractivity contribution is 7.89. The number of hydrogen-bond acceptors (Lipinski definition) is 6. The van der Waals surface area contributed by atoms with E-state index in [1.807, 2.05) is 0 Å². The number of esters is 1. The lowest BCUT2D eigenvalue weighted by Crippen LogP contribution is -2.59. The maximum atomic E-state index is 12.3. The highest BCUT2D eigenvalue weighted by Crippen LogP contribution is 2.12. The zero-order valence-electron chi connectivity index (χ0n) is 11.7. The van der Waals surface area contributed by atoms with Gasteiger partial charge in [0.25, 0.3) is 0 Å². The fraction of sp³-hybridized carbons (Fsp3) is 0.818. The lowest BCUT2D eigenvalue weighted by molar-refractivity contribution is -0.140. The van der Waals surface area contributed by atoms with Crippen molar-refractivity contribution in [3.63, 3.8) is 0 Å². The van der Waals surface area contributed by atoms with Crippen LogP contribution in [0.2, 0.25) is 0 Å². The van der Waals surface area contributed by atoms with Gasteiger partial charge in [-0.15, -0.1) is 0 Å². The van der Waals surface area contributed by atoms with Crippen LogP contribution >= 0.6 is 0 Å². The summed E-state index contributed by atoms with van der Waals surface area (Å²) in [6.45, 7) is 1.04. The van der Waals surface area contributed by atoms with Crippen molar-refractivity contribution in [3.8, 4) is 0 Å². The molecule has 0 aromatic carbocycles. The van der Waals surface area contributed by atoms with Crippen LogP contribution in [-0.4, -0.2) is 70.2 Å². The van der Waals surface area contributed by atoms with E-state index in [1.54, 1.807) is 0 Å². The smallest absolute Gasteiger partial charge is 0.305 e. The summed E-state index contributed by atoms with van der Waals surface area (Å²) in [6, 6.07) is -0.739. The van der Waals surface area contributed by atoms with Crippen molar-refractivity contribution in [2.24, 2.45) is 0 Å². The second-order valence-corrected chi connectivity index (χ2v) is 6.48. The summed E-state index contributed by atoms with van der Waals surface area (Å²) >= 11 is 0. The summed E-state index contributed by atoms with van der Waals surface area (Å²) in [6.07, 6.45) is 0.228. The molecule has 0 saturated carbocycles. The van der Waals surface area contributed by atoms with Crippen LogP contribution < -0.4 is 10.6 Å². The van der Waals surface area contributed by atoms with E-state index in [1.165, 1.54) is 18.5 Å². The first-order valence-electron chi connectivity index (χ1n) is 6.41. The van der Waals surface area contributed by atoms with E-state index in [-0.39, 0.29) is 37.6 Å². The van der Waals surface area contributed by atoms with E-state index in [0.717, 1.165) is 0 Å². The maximum absolute atomic E-state index is 12.3. The summed E-state index contributed by atoms with van der Waals surface area (Å²) in [5, 5.41) is 5.46. The number of likely N-dealkylation sites (N-methyl/N-ethyl adjacent to an activating group) is 1. The van der Waals surface area contributed by atoms with Gasteiger partial charge in [0.2, 0.25) is 15.9 Å². The quantitative estimate of drug-likeness (QED) is 0.566. The van der Waals surface area contributed by atoms with Crippen LogP contribution in [0.15, 0.2) is 0 Å². The Kier molecular flexibility index (Phi) is 6.37. The first-order valence-corrected chi connectivity index (χ1v) is 8.02. The normalized spacial score (nSPS) is 20.4. The average molecular weight is 307 g/mol. The molecule has 1 unspecified atom stereocenters. The first-order chi connectivity index (χ1) is 9.42. The summed E-state index contributed by atoms with van der Waals surface area (Å²) in [5.41, 5.74) is 0. The Hall–Kier alpha value is -1.19. The van der Waals surface area contributed by atoms with Crippen molar-refractivity contribution in [1.29, 1.82) is 0 Å². The molecule has 1 fully saturated rings. The minimum atomic E-state index is -3.57. The molecular weight excluding hydrogens is 286 g/mol. The van der Waals surface area contributed by atoms with Gasteiger partial charge in [-0.3, -0.25) is 9.59 Å². The largest absolute Gasteiger partial charge is 0.469 e. The summed E-state index contributed by atoms with van der Waals surface area (Å²) in [5.74, 6) is -0.951. The Morgan fingerprint density at radius 2 is 2.15 bits per heavy atom. The van der Waals surface area contributed by atoms with Crippen LogP contribution in [0.4, 0.5) is 0 Å². The lowest BCUT2D eigenvalue weighted by Gasteiger charge is -2.33. The molecule has 0 bridgehead atoms. The molecular formula is C11H21N3O5S. The Morgan fingerprint density at radius 3 is 2.75 bits per heavy atom. The number of hydrogen-bond donors (Lipinski definition) is 2. The number of nitrogens with zero attached hydrogens (tertiary/aromatic N) is 1. The van der Waals surface area contributed by atoms with E-state index in [2.05, 4.69) is 15.4 Å². The number of carbonyl (C=O) groups excluding carboxylic acids is 2. The standard InChI is InChI=1S/C11H21N3O5S/c1-12-11(16)9-8-13-5-6-14(9)20(17,18)7-3-4-10(15)19-2/h9,13H,3-8H2,1-2H3,(H,12,16). The number of amides is 1. The molecule has 1 rings (SSSR count). The molecule has 1 heterocycles. The van der Waals surface area contributed by atoms with Gasteiger partial charge in [-0.2, -0.15) is 4.31 Å². The molecule has 8 nitrogen and oxygen atoms in total. The van der Waals surface area contributed by atoms with E-state index in [9.17, 15) is 18.0 Å². The zero-order chi connectivity index (χ0) is 15.2. The van der Waals surface area contributed by atoms with Crippen LogP contribution in [0.1, 0.15) is 12.8 Å². The van der Waals surface area contributed by atoms with Crippen molar-refractivity contribution in [2.75, 3.05) is 39.5 Å². The highest BCUT2D eigenvalue weighted by Gasteiger charge is 2.35. The Morgan fingerprint density at radius 1 is 1.45 bits per heavy atom. The number of methoxy groups -OCH3 is 1. The Balaban J connectivity index is 2.67. The number of rotatable bonds is 6.